The van der Waals surface area contributed by atoms with Crippen LogP contribution in [-0.2, 0) is 16.0 Å². The monoisotopic (exact) mass is 321 g/mol. The van der Waals surface area contributed by atoms with Gasteiger partial charge in [0.15, 0.2) is 0 Å². The van der Waals surface area contributed by atoms with E-state index in [2.05, 4.69) is 0 Å². The molecule has 0 aliphatic carbocycles. The lowest BCUT2D eigenvalue weighted by Crippen LogP contribution is -2.10. The van der Waals surface area contributed by atoms with Gasteiger partial charge in [-0.05, 0) is 24.1 Å². The standard InChI is InChI=1S/C20H19NO3/c1-3-24-19(23)13-17-16-11-7-8-12-18(16)21(14(2)22)20(17)15-9-5-4-6-10-15/h4-12H,3,13H2,1-2H3. The summed E-state index contributed by atoms with van der Waals surface area (Å²) < 4.78 is 6.80. The van der Waals surface area contributed by atoms with Crippen molar-refractivity contribution in [1.82, 2.24) is 4.57 Å². The van der Waals surface area contributed by atoms with E-state index in [9.17, 15) is 9.59 Å². The van der Waals surface area contributed by atoms with Crippen molar-refractivity contribution in [2.24, 2.45) is 0 Å². The predicted molar refractivity (Wildman–Crippen MR) is 94.0 cm³/mol. The van der Waals surface area contributed by atoms with E-state index in [1.165, 1.54) is 6.92 Å². The first-order valence-electron chi connectivity index (χ1n) is 7.97. The van der Waals surface area contributed by atoms with E-state index in [4.69, 9.17) is 4.74 Å². The van der Waals surface area contributed by atoms with Crippen molar-refractivity contribution in [3.8, 4) is 11.3 Å². The van der Waals surface area contributed by atoms with Crippen molar-refractivity contribution in [2.75, 3.05) is 6.61 Å². The summed E-state index contributed by atoms with van der Waals surface area (Å²) in [5, 5.41) is 0.902. The van der Waals surface area contributed by atoms with Crippen molar-refractivity contribution in [3.63, 3.8) is 0 Å². The zero-order valence-electron chi connectivity index (χ0n) is 13.8. The van der Waals surface area contributed by atoms with Crippen LogP contribution in [0.4, 0.5) is 0 Å². The van der Waals surface area contributed by atoms with Crippen LogP contribution in [0.15, 0.2) is 54.6 Å². The van der Waals surface area contributed by atoms with E-state index in [0.717, 1.165) is 27.7 Å². The van der Waals surface area contributed by atoms with Crippen LogP contribution in [0.3, 0.4) is 0 Å². The maximum atomic E-state index is 12.3. The molecule has 2 aromatic carbocycles. The molecule has 0 amide bonds. The highest BCUT2D eigenvalue weighted by Crippen LogP contribution is 2.34. The minimum atomic E-state index is -0.291. The molecular weight excluding hydrogens is 302 g/mol. The van der Waals surface area contributed by atoms with Gasteiger partial charge in [-0.15, -0.1) is 0 Å². The van der Waals surface area contributed by atoms with Gasteiger partial charge in [-0.1, -0.05) is 48.5 Å². The molecule has 3 rings (SSSR count). The van der Waals surface area contributed by atoms with Crippen LogP contribution in [0, 0.1) is 0 Å². The van der Waals surface area contributed by atoms with Crippen LogP contribution >= 0.6 is 0 Å². The van der Waals surface area contributed by atoms with Crippen LogP contribution in [0.2, 0.25) is 0 Å². The van der Waals surface area contributed by atoms with Crippen LogP contribution in [0.5, 0.6) is 0 Å². The molecule has 4 heteroatoms. The van der Waals surface area contributed by atoms with Gasteiger partial charge in [0.2, 0.25) is 5.91 Å². The molecule has 1 aromatic heterocycles. The zero-order valence-corrected chi connectivity index (χ0v) is 13.8. The van der Waals surface area contributed by atoms with Crippen LogP contribution in [0.25, 0.3) is 22.2 Å². The lowest BCUT2D eigenvalue weighted by atomic mass is 10.0. The van der Waals surface area contributed by atoms with E-state index in [1.54, 1.807) is 11.5 Å². The Balaban J connectivity index is 2.31. The molecule has 0 unspecified atom stereocenters. The van der Waals surface area contributed by atoms with Gasteiger partial charge in [0, 0.05) is 12.3 Å². The first kappa shape index (κ1) is 16.0. The molecule has 0 N–H and O–H groups in total. The van der Waals surface area contributed by atoms with Gasteiger partial charge in [-0.25, -0.2) is 0 Å². The summed E-state index contributed by atoms with van der Waals surface area (Å²) in [5.74, 6) is -0.374. The second-order valence-corrected chi connectivity index (χ2v) is 5.55. The van der Waals surface area contributed by atoms with Gasteiger partial charge in [0.05, 0.1) is 24.2 Å². The van der Waals surface area contributed by atoms with Gasteiger partial charge in [-0.2, -0.15) is 0 Å². The molecule has 122 valence electrons. The van der Waals surface area contributed by atoms with Crippen LogP contribution in [-0.4, -0.2) is 23.1 Å². The molecule has 0 radical (unpaired) electrons. The Morgan fingerprint density at radius 3 is 2.33 bits per heavy atom. The van der Waals surface area contributed by atoms with Crippen LogP contribution in [0.1, 0.15) is 24.2 Å². The van der Waals surface area contributed by atoms with Gasteiger partial charge in [0.1, 0.15) is 0 Å². The average Bonchev–Trinajstić information content (AvgIpc) is 2.90. The summed E-state index contributed by atoms with van der Waals surface area (Å²) in [4.78, 5) is 24.4. The van der Waals surface area contributed by atoms with Gasteiger partial charge in [-0.3, -0.25) is 14.2 Å². The highest BCUT2D eigenvalue weighted by molar-refractivity contribution is 6.02. The Morgan fingerprint density at radius 2 is 1.67 bits per heavy atom. The topological polar surface area (TPSA) is 48.3 Å². The molecule has 4 nitrogen and oxygen atoms in total. The number of carbonyl (C=O) groups excluding carboxylic acids is 2. The quantitative estimate of drug-likeness (QED) is 0.680. The predicted octanol–water partition coefficient (Wildman–Crippen LogP) is 4.07. The number of rotatable bonds is 4. The third-order valence-corrected chi connectivity index (χ3v) is 3.97. The molecule has 0 aliphatic heterocycles. The number of nitrogens with zero attached hydrogens (tertiary/aromatic N) is 1. The minimum absolute atomic E-state index is 0.0832. The summed E-state index contributed by atoms with van der Waals surface area (Å²) in [7, 11) is 0. The normalized spacial score (nSPS) is 10.8. The molecule has 0 saturated heterocycles. The number of hydrogen-bond donors (Lipinski definition) is 0. The van der Waals surface area contributed by atoms with Crippen molar-refractivity contribution < 1.29 is 14.3 Å². The third-order valence-electron chi connectivity index (χ3n) is 3.97. The highest BCUT2D eigenvalue weighted by atomic mass is 16.5. The molecule has 0 bridgehead atoms. The number of fused-ring (bicyclic) bond motifs is 1. The molecule has 1 heterocycles. The first-order chi connectivity index (χ1) is 11.6. The molecular formula is C20H19NO3. The Morgan fingerprint density at radius 1 is 1.00 bits per heavy atom. The fourth-order valence-electron chi connectivity index (χ4n) is 3.07. The Bertz CT molecular complexity index is 894. The van der Waals surface area contributed by atoms with E-state index in [-0.39, 0.29) is 18.3 Å². The number of para-hydroxylation sites is 1. The van der Waals surface area contributed by atoms with E-state index in [1.807, 2.05) is 54.6 Å². The molecule has 0 atom stereocenters. The minimum Gasteiger partial charge on any atom is -0.466 e. The SMILES string of the molecule is CCOC(=O)Cc1c(-c2ccccc2)n(C(C)=O)c2ccccc12. The summed E-state index contributed by atoms with van der Waals surface area (Å²) in [5.41, 5.74) is 3.30. The van der Waals surface area contributed by atoms with Crippen LogP contribution < -0.4 is 0 Å². The second kappa shape index (κ2) is 6.71. The average molecular weight is 321 g/mol. The smallest absolute Gasteiger partial charge is 0.310 e. The zero-order chi connectivity index (χ0) is 17.1. The fourth-order valence-corrected chi connectivity index (χ4v) is 3.07. The largest absolute Gasteiger partial charge is 0.466 e. The van der Waals surface area contributed by atoms with Gasteiger partial charge < -0.3 is 4.74 Å². The maximum Gasteiger partial charge on any atom is 0.310 e. The lowest BCUT2D eigenvalue weighted by molar-refractivity contribution is -0.142. The first-order valence-corrected chi connectivity index (χ1v) is 7.97. The highest BCUT2D eigenvalue weighted by Gasteiger charge is 2.22. The second-order valence-electron chi connectivity index (χ2n) is 5.55. The number of carbonyl (C=O) groups is 2. The van der Waals surface area contributed by atoms with Crippen molar-refractivity contribution in [2.45, 2.75) is 20.3 Å². The van der Waals surface area contributed by atoms with Crippen molar-refractivity contribution >= 4 is 22.8 Å². The summed E-state index contributed by atoms with van der Waals surface area (Å²) >= 11 is 0. The maximum absolute atomic E-state index is 12.3. The van der Waals surface area contributed by atoms with Gasteiger partial charge >= 0.3 is 5.97 Å². The molecule has 0 saturated carbocycles. The van der Waals surface area contributed by atoms with E-state index in [0.29, 0.717) is 6.61 Å². The lowest BCUT2D eigenvalue weighted by Gasteiger charge is -2.09. The number of hydrogen-bond acceptors (Lipinski definition) is 3. The number of esters is 1. The van der Waals surface area contributed by atoms with Crippen molar-refractivity contribution in [1.29, 1.82) is 0 Å². The molecule has 24 heavy (non-hydrogen) atoms. The van der Waals surface area contributed by atoms with Gasteiger partial charge in [0.25, 0.3) is 0 Å². The molecule has 0 aliphatic rings. The van der Waals surface area contributed by atoms with E-state index < -0.39 is 0 Å². The number of aromatic nitrogens is 1. The number of benzene rings is 2. The molecule has 3 aromatic rings. The summed E-state index contributed by atoms with van der Waals surface area (Å²) in [6.07, 6.45) is 0.138. The Labute approximate surface area is 140 Å². The molecule has 0 spiro atoms. The van der Waals surface area contributed by atoms with Crippen molar-refractivity contribution in [3.05, 3.63) is 60.2 Å². The third kappa shape index (κ3) is 2.83. The van der Waals surface area contributed by atoms with E-state index >= 15 is 0 Å². The summed E-state index contributed by atoms with van der Waals surface area (Å²) in [6.45, 7) is 3.66. The Hall–Kier alpha value is -2.88. The summed E-state index contributed by atoms with van der Waals surface area (Å²) in [6, 6.07) is 17.3. The Kier molecular flexibility index (Phi) is 4.47. The fraction of sp³-hybridized carbons (Fsp3) is 0.200. The number of ether oxygens (including phenoxy) is 1. The molecule has 0 fully saturated rings.